The number of hydrogen-bond acceptors (Lipinski definition) is 2. The Morgan fingerprint density at radius 2 is 2.33 bits per heavy atom. The molecular weight excluding hydrogens is 258 g/mol. The van der Waals surface area contributed by atoms with E-state index in [1.165, 1.54) is 25.7 Å². The van der Waals surface area contributed by atoms with Crippen LogP contribution >= 0.6 is 15.9 Å². The fourth-order valence-corrected chi connectivity index (χ4v) is 2.33. The van der Waals surface area contributed by atoms with Crippen molar-refractivity contribution in [3.05, 3.63) is 0 Å². The zero-order chi connectivity index (χ0) is 11.1. The van der Waals surface area contributed by atoms with Gasteiger partial charge in [0, 0.05) is 11.9 Å². The highest BCUT2D eigenvalue weighted by molar-refractivity contribution is 9.09. The molecule has 1 aliphatic heterocycles. The van der Waals surface area contributed by atoms with Crippen molar-refractivity contribution in [1.82, 2.24) is 4.90 Å². The summed E-state index contributed by atoms with van der Waals surface area (Å²) in [7, 11) is 0. The second-order valence-electron chi connectivity index (χ2n) is 4.08. The smallest absolute Gasteiger partial charge is 0.409 e. The number of carbonyl (C=O) groups excluding carboxylic acids is 1. The first-order valence-corrected chi connectivity index (χ1v) is 6.87. The standard InChI is InChI=1S/C11H20BrNO2/c1-2-3-4-5-10(8-12)9-13-6-7-15-11(13)14/h10H,2-9H2,1H3. The van der Waals surface area contributed by atoms with Gasteiger partial charge in [0.25, 0.3) is 0 Å². The average molecular weight is 278 g/mol. The van der Waals surface area contributed by atoms with E-state index >= 15 is 0 Å². The van der Waals surface area contributed by atoms with Crippen LogP contribution in [0.4, 0.5) is 4.79 Å². The molecule has 1 saturated heterocycles. The Morgan fingerprint density at radius 3 is 2.87 bits per heavy atom. The van der Waals surface area contributed by atoms with Crippen LogP contribution in [0, 0.1) is 5.92 Å². The first kappa shape index (κ1) is 12.8. The van der Waals surface area contributed by atoms with Gasteiger partial charge in [0.05, 0.1) is 6.54 Å². The second-order valence-corrected chi connectivity index (χ2v) is 4.72. The van der Waals surface area contributed by atoms with E-state index in [1.807, 2.05) is 4.90 Å². The summed E-state index contributed by atoms with van der Waals surface area (Å²) < 4.78 is 4.91. The molecule has 1 unspecified atom stereocenters. The Balaban J connectivity index is 2.23. The highest BCUT2D eigenvalue weighted by Gasteiger charge is 2.24. The third-order valence-electron chi connectivity index (χ3n) is 2.76. The van der Waals surface area contributed by atoms with E-state index < -0.39 is 0 Å². The van der Waals surface area contributed by atoms with Crippen LogP contribution in [-0.4, -0.2) is 36.0 Å². The molecule has 0 aromatic carbocycles. The van der Waals surface area contributed by atoms with Gasteiger partial charge in [-0.05, 0) is 12.3 Å². The van der Waals surface area contributed by atoms with Gasteiger partial charge in [0.15, 0.2) is 0 Å². The van der Waals surface area contributed by atoms with Gasteiger partial charge in [-0.25, -0.2) is 4.79 Å². The highest BCUT2D eigenvalue weighted by Crippen LogP contribution is 2.16. The lowest BCUT2D eigenvalue weighted by Gasteiger charge is -2.19. The van der Waals surface area contributed by atoms with Crippen LogP contribution in [0.5, 0.6) is 0 Å². The van der Waals surface area contributed by atoms with E-state index in [-0.39, 0.29) is 6.09 Å². The van der Waals surface area contributed by atoms with Gasteiger partial charge in [-0.1, -0.05) is 42.1 Å². The first-order valence-electron chi connectivity index (χ1n) is 5.75. The topological polar surface area (TPSA) is 29.5 Å². The minimum atomic E-state index is -0.142. The van der Waals surface area contributed by atoms with Crippen molar-refractivity contribution in [2.24, 2.45) is 5.92 Å². The predicted molar refractivity (Wildman–Crippen MR) is 64.3 cm³/mol. The number of ether oxygens (including phenoxy) is 1. The molecule has 0 saturated carbocycles. The summed E-state index contributed by atoms with van der Waals surface area (Å²) in [5.74, 6) is 0.571. The Labute approximate surface area is 100 Å². The number of amides is 1. The fraction of sp³-hybridized carbons (Fsp3) is 0.909. The zero-order valence-electron chi connectivity index (χ0n) is 9.38. The van der Waals surface area contributed by atoms with Gasteiger partial charge in [-0.3, -0.25) is 0 Å². The molecule has 15 heavy (non-hydrogen) atoms. The Kier molecular flexibility index (Phi) is 6.06. The molecule has 1 heterocycles. The molecule has 1 aliphatic rings. The van der Waals surface area contributed by atoms with Crippen molar-refractivity contribution in [3.63, 3.8) is 0 Å². The summed E-state index contributed by atoms with van der Waals surface area (Å²) in [6.45, 7) is 4.37. The number of halogens is 1. The quantitative estimate of drug-likeness (QED) is 0.529. The van der Waals surface area contributed by atoms with Crippen molar-refractivity contribution < 1.29 is 9.53 Å². The van der Waals surface area contributed by atoms with Crippen LogP contribution in [0.15, 0.2) is 0 Å². The molecule has 0 aliphatic carbocycles. The fourth-order valence-electron chi connectivity index (χ4n) is 1.80. The van der Waals surface area contributed by atoms with Gasteiger partial charge in [0.1, 0.15) is 6.61 Å². The van der Waals surface area contributed by atoms with Crippen molar-refractivity contribution in [3.8, 4) is 0 Å². The molecule has 1 amide bonds. The van der Waals surface area contributed by atoms with E-state index in [0.717, 1.165) is 18.4 Å². The second kappa shape index (κ2) is 7.09. The van der Waals surface area contributed by atoms with Gasteiger partial charge in [-0.2, -0.15) is 0 Å². The molecule has 0 N–H and O–H groups in total. The van der Waals surface area contributed by atoms with Gasteiger partial charge in [0.2, 0.25) is 0 Å². The van der Waals surface area contributed by atoms with Crippen LogP contribution in [0.3, 0.4) is 0 Å². The number of rotatable bonds is 7. The molecule has 0 aromatic heterocycles. The summed E-state index contributed by atoms with van der Waals surface area (Å²) in [6.07, 6.45) is 4.85. The third-order valence-corrected chi connectivity index (χ3v) is 3.67. The molecule has 1 rings (SSSR count). The lowest BCUT2D eigenvalue weighted by molar-refractivity contribution is 0.154. The van der Waals surface area contributed by atoms with E-state index in [2.05, 4.69) is 22.9 Å². The number of alkyl halides is 1. The van der Waals surface area contributed by atoms with Gasteiger partial charge < -0.3 is 9.64 Å². The maximum atomic E-state index is 11.2. The molecule has 0 aromatic rings. The van der Waals surface area contributed by atoms with Crippen LogP contribution in [0.2, 0.25) is 0 Å². The summed E-state index contributed by atoms with van der Waals surface area (Å²) >= 11 is 3.52. The van der Waals surface area contributed by atoms with Crippen LogP contribution < -0.4 is 0 Å². The lowest BCUT2D eigenvalue weighted by atomic mass is 10.0. The molecular formula is C11H20BrNO2. The van der Waals surface area contributed by atoms with E-state index in [1.54, 1.807) is 0 Å². The summed E-state index contributed by atoms with van der Waals surface area (Å²) in [6, 6.07) is 0. The van der Waals surface area contributed by atoms with Crippen molar-refractivity contribution >= 4 is 22.0 Å². The molecule has 3 nitrogen and oxygen atoms in total. The molecule has 1 atom stereocenters. The Morgan fingerprint density at radius 1 is 1.53 bits per heavy atom. The molecule has 88 valence electrons. The van der Waals surface area contributed by atoms with E-state index in [0.29, 0.717) is 12.5 Å². The Bertz CT molecular complexity index is 199. The monoisotopic (exact) mass is 277 g/mol. The number of carbonyl (C=O) groups is 1. The van der Waals surface area contributed by atoms with E-state index in [4.69, 9.17) is 4.74 Å². The normalized spacial score (nSPS) is 18.0. The van der Waals surface area contributed by atoms with E-state index in [9.17, 15) is 4.79 Å². The summed E-state index contributed by atoms with van der Waals surface area (Å²) in [5.41, 5.74) is 0. The highest BCUT2D eigenvalue weighted by atomic mass is 79.9. The molecule has 4 heteroatoms. The number of unbranched alkanes of at least 4 members (excludes halogenated alkanes) is 2. The zero-order valence-corrected chi connectivity index (χ0v) is 11.0. The van der Waals surface area contributed by atoms with Crippen LogP contribution in [-0.2, 0) is 4.74 Å². The Hall–Kier alpha value is -0.250. The summed E-state index contributed by atoms with van der Waals surface area (Å²) in [4.78, 5) is 13.1. The first-order chi connectivity index (χ1) is 7.27. The molecule has 0 spiro atoms. The number of hydrogen-bond donors (Lipinski definition) is 0. The maximum absolute atomic E-state index is 11.2. The maximum Gasteiger partial charge on any atom is 0.409 e. The van der Waals surface area contributed by atoms with Crippen molar-refractivity contribution in [2.45, 2.75) is 32.6 Å². The van der Waals surface area contributed by atoms with Gasteiger partial charge >= 0.3 is 6.09 Å². The van der Waals surface area contributed by atoms with Crippen molar-refractivity contribution in [2.75, 3.05) is 25.0 Å². The minimum absolute atomic E-state index is 0.142. The van der Waals surface area contributed by atoms with Crippen molar-refractivity contribution in [1.29, 1.82) is 0 Å². The SMILES string of the molecule is CCCCCC(CBr)CN1CCOC1=O. The van der Waals surface area contributed by atoms with Gasteiger partial charge in [-0.15, -0.1) is 0 Å². The minimum Gasteiger partial charge on any atom is -0.448 e. The number of nitrogens with zero attached hydrogens (tertiary/aromatic N) is 1. The molecule has 0 radical (unpaired) electrons. The average Bonchev–Trinajstić information content (AvgIpc) is 2.63. The van der Waals surface area contributed by atoms with Crippen LogP contribution in [0.25, 0.3) is 0 Å². The summed E-state index contributed by atoms with van der Waals surface area (Å²) in [5, 5.41) is 0.973. The predicted octanol–water partition coefficient (Wildman–Crippen LogP) is 3.03. The molecule has 1 fully saturated rings. The third kappa shape index (κ3) is 4.41. The van der Waals surface area contributed by atoms with Crippen LogP contribution in [0.1, 0.15) is 32.6 Å². The molecule has 0 bridgehead atoms. The lowest BCUT2D eigenvalue weighted by Crippen LogP contribution is -2.31. The largest absolute Gasteiger partial charge is 0.448 e. The number of cyclic esters (lactones) is 1.